The number of hydrogen-bond donors (Lipinski definition) is 2. The lowest BCUT2D eigenvalue weighted by Crippen LogP contribution is -2.36. The fourth-order valence-electron chi connectivity index (χ4n) is 4.50. The molecule has 0 aliphatic heterocycles. The molecule has 4 nitrogen and oxygen atoms in total. The fourth-order valence-corrected chi connectivity index (χ4v) is 4.50. The molecule has 0 bridgehead atoms. The first-order valence-electron chi connectivity index (χ1n) is 11.1. The van der Waals surface area contributed by atoms with Crippen molar-refractivity contribution in [2.75, 3.05) is 0 Å². The number of aliphatic hydroxyl groups is 1. The van der Waals surface area contributed by atoms with E-state index < -0.39 is 17.5 Å². The SMILES string of the molecule is CCCC(C)(C)CCC=C[C@H]1CCC(=O)[C@@H]1CCCCC(C)(C)C(O)C(=O)O. The maximum Gasteiger partial charge on any atom is 0.333 e. The molecule has 1 rings (SSSR count). The smallest absolute Gasteiger partial charge is 0.333 e. The van der Waals surface area contributed by atoms with Crippen molar-refractivity contribution in [3.05, 3.63) is 12.2 Å². The first-order chi connectivity index (χ1) is 13.0. The molecule has 162 valence electrons. The molecule has 1 saturated carbocycles. The molecule has 1 aliphatic carbocycles. The summed E-state index contributed by atoms with van der Waals surface area (Å²) in [5.74, 6) is -0.305. The van der Waals surface area contributed by atoms with Crippen LogP contribution in [0.4, 0.5) is 0 Å². The lowest BCUT2D eigenvalue weighted by Gasteiger charge is -2.27. The molecule has 1 unspecified atom stereocenters. The third-order valence-electron chi connectivity index (χ3n) is 6.51. The first-order valence-corrected chi connectivity index (χ1v) is 11.1. The van der Waals surface area contributed by atoms with Crippen LogP contribution in [-0.2, 0) is 9.59 Å². The number of unbranched alkanes of at least 4 members (excludes halogenated alkanes) is 1. The van der Waals surface area contributed by atoms with Gasteiger partial charge in [-0.1, -0.05) is 66.0 Å². The third-order valence-corrected chi connectivity index (χ3v) is 6.51. The number of hydrogen-bond acceptors (Lipinski definition) is 3. The van der Waals surface area contributed by atoms with Gasteiger partial charge in [0.2, 0.25) is 0 Å². The maximum absolute atomic E-state index is 12.3. The molecular weight excluding hydrogens is 352 g/mol. The highest BCUT2D eigenvalue weighted by Gasteiger charge is 2.34. The van der Waals surface area contributed by atoms with Crippen LogP contribution in [0.25, 0.3) is 0 Å². The largest absolute Gasteiger partial charge is 0.479 e. The highest BCUT2D eigenvalue weighted by atomic mass is 16.4. The molecule has 2 N–H and O–H groups in total. The Hall–Kier alpha value is -1.16. The van der Waals surface area contributed by atoms with Crippen LogP contribution < -0.4 is 0 Å². The Morgan fingerprint density at radius 1 is 1.18 bits per heavy atom. The molecule has 0 saturated heterocycles. The molecule has 0 amide bonds. The topological polar surface area (TPSA) is 74.6 Å². The zero-order valence-corrected chi connectivity index (χ0v) is 18.7. The zero-order valence-electron chi connectivity index (χ0n) is 18.7. The van der Waals surface area contributed by atoms with E-state index in [0.29, 0.717) is 30.0 Å². The number of allylic oxidation sites excluding steroid dienone is 2. The molecule has 0 radical (unpaired) electrons. The van der Waals surface area contributed by atoms with Gasteiger partial charge in [-0.2, -0.15) is 0 Å². The number of carbonyl (C=O) groups is 2. The second-order valence-corrected chi connectivity index (χ2v) is 10.1. The van der Waals surface area contributed by atoms with Crippen LogP contribution in [0.1, 0.15) is 98.8 Å². The molecule has 4 heteroatoms. The van der Waals surface area contributed by atoms with Gasteiger partial charge >= 0.3 is 5.97 Å². The predicted octanol–water partition coefficient (Wildman–Crippen LogP) is 5.78. The Kier molecular flexibility index (Phi) is 9.89. The number of rotatable bonds is 13. The summed E-state index contributed by atoms with van der Waals surface area (Å²) in [5.41, 5.74) is -0.257. The van der Waals surface area contributed by atoms with Gasteiger partial charge in [0.25, 0.3) is 0 Å². The lowest BCUT2D eigenvalue weighted by atomic mass is 9.80. The van der Waals surface area contributed by atoms with Gasteiger partial charge in [-0.15, -0.1) is 0 Å². The van der Waals surface area contributed by atoms with Gasteiger partial charge in [-0.25, -0.2) is 4.79 Å². The Bertz CT molecular complexity index is 533. The van der Waals surface area contributed by atoms with Crippen molar-refractivity contribution in [1.29, 1.82) is 0 Å². The van der Waals surface area contributed by atoms with E-state index >= 15 is 0 Å². The van der Waals surface area contributed by atoms with Gasteiger partial charge in [0, 0.05) is 17.8 Å². The summed E-state index contributed by atoms with van der Waals surface area (Å²) >= 11 is 0. The van der Waals surface area contributed by atoms with Crippen molar-refractivity contribution in [2.45, 2.75) is 105 Å². The van der Waals surface area contributed by atoms with Crippen LogP contribution in [-0.4, -0.2) is 28.1 Å². The van der Waals surface area contributed by atoms with Crippen molar-refractivity contribution < 1.29 is 19.8 Å². The van der Waals surface area contributed by atoms with Crippen LogP contribution in [0.15, 0.2) is 12.2 Å². The number of ketones is 1. The Morgan fingerprint density at radius 2 is 1.86 bits per heavy atom. The summed E-state index contributed by atoms with van der Waals surface area (Å²) in [7, 11) is 0. The number of carboxylic acids is 1. The Balaban J connectivity index is 2.43. The summed E-state index contributed by atoms with van der Waals surface area (Å²) < 4.78 is 0. The van der Waals surface area contributed by atoms with Crippen molar-refractivity contribution >= 4 is 11.8 Å². The third kappa shape index (κ3) is 8.06. The number of aliphatic hydroxyl groups excluding tert-OH is 1. The molecule has 0 aromatic heterocycles. The van der Waals surface area contributed by atoms with Gasteiger partial charge in [0.15, 0.2) is 6.10 Å². The number of aliphatic carboxylic acids is 1. The number of carboxylic acid groups (broad SMARTS) is 1. The van der Waals surface area contributed by atoms with E-state index in [4.69, 9.17) is 5.11 Å². The second-order valence-electron chi connectivity index (χ2n) is 10.1. The van der Waals surface area contributed by atoms with Gasteiger partial charge in [-0.05, 0) is 49.9 Å². The lowest BCUT2D eigenvalue weighted by molar-refractivity contribution is -0.153. The molecular formula is C24H42O4. The Labute approximate surface area is 171 Å². The van der Waals surface area contributed by atoms with Gasteiger partial charge < -0.3 is 10.2 Å². The van der Waals surface area contributed by atoms with E-state index in [0.717, 1.165) is 32.1 Å². The molecule has 0 aromatic rings. The average molecular weight is 395 g/mol. The second kappa shape index (κ2) is 11.1. The van der Waals surface area contributed by atoms with E-state index in [1.165, 1.54) is 19.3 Å². The highest BCUT2D eigenvalue weighted by Crippen LogP contribution is 2.36. The highest BCUT2D eigenvalue weighted by molar-refractivity contribution is 5.83. The minimum absolute atomic E-state index is 0.118. The van der Waals surface area contributed by atoms with Crippen LogP contribution in [0.3, 0.4) is 0 Å². The van der Waals surface area contributed by atoms with Crippen LogP contribution in [0, 0.1) is 22.7 Å². The van der Waals surface area contributed by atoms with Crippen molar-refractivity contribution in [2.24, 2.45) is 22.7 Å². The number of carbonyl (C=O) groups excluding carboxylic acids is 1. The van der Waals surface area contributed by atoms with Gasteiger partial charge in [0.05, 0.1) is 0 Å². The summed E-state index contributed by atoms with van der Waals surface area (Å²) in [5, 5.41) is 18.8. The van der Waals surface area contributed by atoms with Gasteiger partial charge in [0.1, 0.15) is 5.78 Å². The molecule has 1 aliphatic rings. The average Bonchev–Trinajstić information content (AvgIpc) is 2.94. The molecule has 0 aromatic carbocycles. The van der Waals surface area contributed by atoms with E-state index in [9.17, 15) is 14.7 Å². The van der Waals surface area contributed by atoms with E-state index in [-0.39, 0.29) is 5.92 Å². The van der Waals surface area contributed by atoms with Crippen LogP contribution >= 0.6 is 0 Å². The fraction of sp³-hybridized carbons (Fsp3) is 0.833. The Morgan fingerprint density at radius 3 is 2.46 bits per heavy atom. The number of Topliss-reactive ketones (excluding diaryl/α,β-unsaturated/α-hetero) is 1. The molecule has 3 atom stereocenters. The quantitative estimate of drug-likeness (QED) is 0.307. The standard InChI is InChI=1S/C24H42O4/c1-6-15-23(2,3)16-9-7-11-18-13-14-20(25)19(18)12-8-10-17-24(4,5)21(26)22(27)28/h7,11,18-19,21,26H,6,8-10,12-17H2,1-5H3,(H,27,28)/t18-,19+,21?/m0/s1. The summed E-state index contributed by atoms with van der Waals surface area (Å²) in [6, 6.07) is 0. The van der Waals surface area contributed by atoms with E-state index in [2.05, 4.69) is 32.9 Å². The zero-order chi connectivity index (χ0) is 21.4. The minimum Gasteiger partial charge on any atom is -0.479 e. The summed E-state index contributed by atoms with van der Waals surface area (Å²) in [6.07, 6.45) is 12.8. The van der Waals surface area contributed by atoms with Crippen LogP contribution in [0.5, 0.6) is 0 Å². The monoisotopic (exact) mass is 394 g/mol. The maximum atomic E-state index is 12.3. The minimum atomic E-state index is -1.34. The molecule has 1 fully saturated rings. The molecule has 28 heavy (non-hydrogen) atoms. The van der Waals surface area contributed by atoms with Crippen molar-refractivity contribution in [1.82, 2.24) is 0 Å². The normalized spacial score (nSPS) is 22.1. The molecule has 0 spiro atoms. The van der Waals surface area contributed by atoms with Crippen LogP contribution in [0.2, 0.25) is 0 Å². The van der Waals surface area contributed by atoms with Crippen molar-refractivity contribution in [3.63, 3.8) is 0 Å². The summed E-state index contributed by atoms with van der Waals surface area (Å²) in [6.45, 7) is 10.5. The van der Waals surface area contributed by atoms with Gasteiger partial charge in [-0.3, -0.25) is 4.79 Å². The first kappa shape index (κ1) is 24.9. The van der Waals surface area contributed by atoms with E-state index in [1.807, 2.05) is 0 Å². The van der Waals surface area contributed by atoms with Crippen molar-refractivity contribution in [3.8, 4) is 0 Å². The molecule has 0 heterocycles. The predicted molar refractivity (Wildman–Crippen MR) is 114 cm³/mol. The van der Waals surface area contributed by atoms with E-state index in [1.54, 1.807) is 13.8 Å². The summed E-state index contributed by atoms with van der Waals surface area (Å²) in [4.78, 5) is 23.3.